The third-order valence-electron chi connectivity index (χ3n) is 2.83. The summed E-state index contributed by atoms with van der Waals surface area (Å²) in [5, 5.41) is 10.3. The number of benzene rings is 2. The van der Waals surface area contributed by atoms with E-state index in [9.17, 15) is 13.5 Å². The van der Waals surface area contributed by atoms with E-state index >= 15 is 0 Å². The van der Waals surface area contributed by atoms with Crippen LogP contribution in [0.15, 0.2) is 53.4 Å². The third-order valence-corrected chi connectivity index (χ3v) is 4.98. The number of hydrogen-bond acceptors (Lipinski definition) is 3. The molecular weight excluding hydrogens is 333 g/mol. The van der Waals surface area contributed by atoms with Crippen LogP contribution < -0.4 is 4.72 Å². The predicted molar refractivity (Wildman–Crippen MR) is 83.1 cm³/mol. The molecule has 0 aliphatic rings. The Morgan fingerprint density at radius 1 is 1.10 bits per heavy atom. The van der Waals surface area contributed by atoms with Gasteiger partial charge in [0.25, 0.3) is 0 Å². The highest BCUT2D eigenvalue weighted by atomic mass is 35.5. The molecule has 0 radical (unpaired) electrons. The average molecular weight is 346 g/mol. The van der Waals surface area contributed by atoms with E-state index in [1.54, 1.807) is 24.3 Å². The number of nitrogens with one attached hydrogen (secondary N) is 1. The summed E-state index contributed by atoms with van der Waals surface area (Å²) in [5.41, 5.74) is 0.627. The van der Waals surface area contributed by atoms with Gasteiger partial charge in [-0.2, -0.15) is 0 Å². The van der Waals surface area contributed by atoms with Gasteiger partial charge in [0.05, 0.1) is 11.1 Å². The summed E-state index contributed by atoms with van der Waals surface area (Å²) in [6.45, 7) is -0.148. The lowest BCUT2D eigenvalue weighted by atomic mass is 10.1. The normalized spacial score (nSPS) is 13.1. The summed E-state index contributed by atoms with van der Waals surface area (Å²) in [6.07, 6.45) is -0.938. The molecule has 2 aromatic carbocycles. The highest BCUT2D eigenvalue weighted by Gasteiger charge is 2.19. The van der Waals surface area contributed by atoms with Crippen LogP contribution in [0.5, 0.6) is 0 Å². The number of sulfonamides is 1. The molecule has 0 heterocycles. The molecule has 0 fully saturated rings. The fourth-order valence-electron chi connectivity index (χ4n) is 1.75. The monoisotopic (exact) mass is 345 g/mol. The second kappa shape index (κ2) is 6.77. The number of aliphatic hydroxyl groups excluding tert-OH is 1. The van der Waals surface area contributed by atoms with Crippen molar-refractivity contribution in [3.8, 4) is 0 Å². The highest BCUT2D eigenvalue weighted by Crippen LogP contribution is 2.25. The molecule has 0 aromatic heterocycles. The Morgan fingerprint density at radius 3 is 2.38 bits per heavy atom. The molecule has 2 aromatic rings. The molecule has 0 aliphatic heterocycles. The molecule has 0 aliphatic carbocycles. The Bertz CT molecular complexity index is 720. The van der Waals surface area contributed by atoms with Gasteiger partial charge in [0.2, 0.25) is 10.0 Å². The molecule has 21 heavy (non-hydrogen) atoms. The van der Waals surface area contributed by atoms with Crippen LogP contribution in [0, 0.1) is 0 Å². The molecule has 1 unspecified atom stereocenters. The molecule has 2 N–H and O–H groups in total. The van der Waals surface area contributed by atoms with Gasteiger partial charge >= 0.3 is 0 Å². The zero-order valence-corrected chi connectivity index (χ0v) is 13.2. The molecule has 7 heteroatoms. The SMILES string of the molecule is O=S(=O)(NCC(O)c1ccccc1)c1ccc(Cl)cc1Cl. The zero-order chi connectivity index (χ0) is 15.5. The van der Waals surface area contributed by atoms with Gasteiger partial charge in [-0.3, -0.25) is 0 Å². The Balaban J connectivity index is 2.11. The van der Waals surface area contributed by atoms with Crippen LogP contribution >= 0.6 is 23.2 Å². The maximum Gasteiger partial charge on any atom is 0.242 e. The summed E-state index contributed by atoms with van der Waals surface area (Å²) in [7, 11) is -3.81. The van der Waals surface area contributed by atoms with Crippen molar-refractivity contribution >= 4 is 33.2 Å². The van der Waals surface area contributed by atoms with E-state index in [1.165, 1.54) is 18.2 Å². The maximum atomic E-state index is 12.2. The molecule has 0 spiro atoms. The molecule has 0 saturated carbocycles. The Labute approximate surface area is 133 Å². The summed E-state index contributed by atoms with van der Waals surface area (Å²) in [6, 6.07) is 12.9. The predicted octanol–water partition coefficient (Wildman–Crippen LogP) is 3.01. The summed E-state index contributed by atoms with van der Waals surface area (Å²) in [4.78, 5) is -0.0752. The van der Waals surface area contributed by atoms with E-state index in [4.69, 9.17) is 23.2 Å². The minimum Gasteiger partial charge on any atom is -0.387 e. The zero-order valence-electron chi connectivity index (χ0n) is 10.8. The Morgan fingerprint density at radius 2 is 1.76 bits per heavy atom. The van der Waals surface area contributed by atoms with Crippen LogP contribution in [-0.2, 0) is 10.0 Å². The Hall–Kier alpha value is -1.11. The first-order valence-corrected chi connectivity index (χ1v) is 8.32. The minimum absolute atomic E-state index is 0.0317. The lowest BCUT2D eigenvalue weighted by molar-refractivity contribution is 0.182. The molecule has 0 bridgehead atoms. The van der Waals surface area contributed by atoms with E-state index in [2.05, 4.69) is 4.72 Å². The van der Waals surface area contributed by atoms with E-state index in [0.717, 1.165) is 0 Å². The molecule has 0 saturated heterocycles. The van der Waals surface area contributed by atoms with E-state index in [0.29, 0.717) is 10.6 Å². The van der Waals surface area contributed by atoms with E-state index < -0.39 is 16.1 Å². The average Bonchev–Trinajstić information content (AvgIpc) is 2.45. The summed E-state index contributed by atoms with van der Waals surface area (Å²) in [5.74, 6) is 0. The van der Waals surface area contributed by atoms with Crippen molar-refractivity contribution < 1.29 is 13.5 Å². The molecule has 112 valence electrons. The second-order valence-corrected chi connectivity index (χ2v) is 6.93. The molecular formula is C14H13Cl2NO3S. The first kappa shape index (κ1) is 16.3. The number of halogens is 2. The van der Waals surface area contributed by atoms with E-state index in [-0.39, 0.29) is 16.5 Å². The van der Waals surface area contributed by atoms with Crippen molar-refractivity contribution in [2.24, 2.45) is 0 Å². The van der Waals surface area contributed by atoms with Crippen LogP contribution in [0.3, 0.4) is 0 Å². The van der Waals surface area contributed by atoms with Gasteiger partial charge in [-0.05, 0) is 23.8 Å². The van der Waals surface area contributed by atoms with Gasteiger partial charge in [0.1, 0.15) is 4.90 Å². The van der Waals surface area contributed by atoms with Crippen molar-refractivity contribution in [3.05, 3.63) is 64.1 Å². The quantitative estimate of drug-likeness (QED) is 0.875. The number of rotatable bonds is 5. The van der Waals surface area contributed by atoms with Gasteiger partial charge < -0.3 is 5.11 Å². The fraction of sp³-hybridized carbons (Fsp3) is 0.143. The summed E-state index contributed by atoms with van der Waals surface area (Å²) >= 11 is 11.6. The molecule has 1 atom stereocenters. The van der Waals surface area contributed by atoms with Crippen molar-refractivity contribution in [3.63, 3.8) is 0 Å². The van der Waals surface area contributed by atoms with E-state index in [1.807, 2.05) is 6.07 Å². The standard InChI is InChI=1S/C14H13Cl2NO3S/c15-11-6-7-14(12(16)8-11)21(19,20)17-9-13(18)10-4-2-1-3-5-10/h1-8,13,17-18H,9H2. The topological polar surface area (TPSA) is 66.4 Å². The molecule has 2 rings (SSSR count). The van der Waals surface area contributed by atoms with Gasteiger partial charge in [0.15, 0.2) is 0 Å². The molecule has 0 amide bonds. The number of hydrogen-bond donors (Lipinski definition) is 2. The fourth-order valence-corrected chi connectivity index (χ4v) is 3.56. The largest absolute Gasteiger partial charge is 0.387 e. The van der Waals surface area contributed by atoms with Crippen LogP contribution in [0.1, 0.15) is 11.7 Å². The Kier molecular flexibility index (Phi) is 5.24. The van der Waals surface area contributed by atoms with Crippen molar-refractivity contribution in [1.29, 1.82) is 0 Å². The van der Waals surface area contributed by atoms with Gasteiger partial charge in [0, 0.05) is 11.6 Å². The lowest BCUT2D eigenvalue weighted by Crippen LogP contribution is -2.28. The number of aliphatic hydroxyl groups is 1. The maximum absolute atomic E-state index is 12.2. The molecule has 4 nitrogen and oxygen atoms in total. The van der Waals surface area contributed by atoms with Crippen LogP contribution in [-0.4, -0.2) is 20.1 Å². The third kappa shape index (κ3) is 4.18. The van der Waals surface area contributed by atoms with Gasteiger partial charge in [-0.1, -0.05) is 53.5 Å². The highest BCUT2D eigenvalue weighted by molar-refractivity contribution is 7.89. The van der Waals surface area contributed by atoms with Crippen LogP contribution in [0.4, 0.5) is 0 Å². The smallest absolute Gasteiger partial charge is 0.242 e. The van der Waals surface area contributed by atoms with Crippen molar-refractivity contribution in [2.45, 2.75) is 11.0 Å². The minimum atomic E-state index is -3.81. The van der Waals surface area contributed by atoms with Crippen LogP contribution in [0.25, 0.3) is 0 Å². The lowest BCUT2D eigenvalue weighted by Gasteiger charge is -2.13. The van der Waals surface area contributed by atoms with Crippen LogP contribution in [0.2, 0.25) is 10.0 Å². The first-order chi connectivity index (χ1) is 9.90. The van der Waals surface area contributed by atoms with Gasteiger partial charge in [-0.15, -0.1) is 0 Å². The van der Waals surface area contributed by atoms with Crippen molar-refractivity contribution in [2.75, 3.05) is 6.54 Å². The summed E-state index contributed by atoms with van der Waals surface area (Å²) < 4.78 is 26.6. The van der Waals surface area contributed by atoms with Gasteiger partial charge in [-0.25, -0.2) is 13.1 Å². The second-order valence-electron chi connectivity index (χ2n) is 4.35. The van der Waals surface area contributed by atoms with Crippen molar-refractivity contribution in [1.82, 2.24) is 4.72 Å². The first-order valence-electron chi connectivity index (χ1n) is 6.08.